The first-order valence-corrected chi connectivity index (χ1v) is 7.18. The van der Waals surface area contributed by atoms with Crippen LogP contribution in [0.3, 0.4) is 0 Å². The van der Waals surface area contributed by atoms with E-state index in [9.17, 15) is 0 Å². The Kier molecular flexibility index (Phi) is 2.85. The van der Waals surface area contributed by atoms with Crippen LogP contribution in [-0.2, 0) is 6.61 Å². The summed E-state index contributed by atoms with van der Waals surface area (Å²) >= 11 is 0. The van der Waals surface area contributed by atoms with Crippen molar-refractivity contribution in [2.75, 3.05) is 31.1 Å². The second-order valence-electron chi connectivity index (χ2n) is 5.28. The van der Waals surface area contributed by atoms with Crippen molar-refractivity contribution in [3.8, 4) is 17.0 Å². The molecule has 0 bridgehead atoms. The molecule has 5 heteroatoms. The maximum absolute atomic E-state index is 5.87. The van der Waals surface area contributed by atoms with Crippen molar-refractivity contribution < 1.29 is 4.74 Å². The summed E-state index contributed by atoms with van der Waals surface area (Å²) in [6, 6.07) is 8.13. The Hall–Kier alpha value is -2.01. The maximum atomic E-state index is 5.87. The molecule has 0 radical (unpaired) electrons. The molecule has 0 spiro atoms. The zero-order chi connectivity index (χ0) is 13.4. The molecule has 2 aliphatic rings. The van der Waals surface area contributed by atoms with Crippen LogP contribution in [0.5, 0.6) is 5.75 Å². The van der Waals surface area contributed by atoms with Gasteiger partial charge in [-0.15, -0.1) is 0 Å². The molecule has 1 aromatic heterocycles. The average Bonchev–Trinajstić information content (AvgIpc) is 2.75. The third-order valence-electron chi connectivity index (χ3n) is 4.01. The molecule has 1 saturated heterocycles. The third kappa shape index (κ3) is 1.86. The van der Waals surface area contributed by atoms with E-state index in [1.807, 2.05) is 18.2 Å². The van der Waals surface area contributed by atoms with E-state index in [2.05, 4.69) is 26.5 Å². The summed E-state index contributed by atoms with van der Waals surface area (Å²) in [5, 5.41) is 11.2. The molecule has 2 N–H and O–H groups in total. The van der Waals surface area contributed by atoms with Crippen molar-refractivity contribution in [1.29, 1.82) is 0 Å². The molecule has 0 aliphatic carbocycles. The summed E-state index contributed by atoms with van der Waals surface area (Å²) < 4.78 is 5.87. The molecule has 3 heterocycles. The fraction of sp³-hybridized carbons (Fsp3) is 0.400. The van der Waals surface area contributed by atoms with Gasteiger partial charge < -0.3 is 15.0 Å². The Morgan fingerprint density at radius 2 is 2.10 bits per heavy atom. The molecule has 104 valence electrons. The van der Waals surface area contributed by atoms with E-state index in [4.69, 9.17) is 4.74 Å². The maximum Gasteiger partial charge on any atom is 0.157 e. The smallest absolute Gasteiger partial charge is 0.157 e. The summed E-state index contributed by atoms with van der Waals surface area (Å²) in [5.74, 6) is 1.99. The normalized spacial score (nSPS) is 17.9. The van der Waals surface area contributed by atoms with E-state index >= 15 is 0 Å². The zero-order valence-electron chi connectivity index (χ0n) is 11.4. The van der Waals surface area contributed by atoms with Gasteiger partial charge in [-0.3, -0.25) is 5.10 Å². The number of para-hydroxylation sites is 1. The van der Waals surface area contributed by atoms with Crippen molar-refractivity contribution in [2.24, 2.45) is 0 Å². The van der Waals surface area contributed by atoms with E-state index in [1.165, 1.54) is 5.56 Å². The fourth-order valence-corrected chi connectivity index (χ4v) is 2.98. The number of aromatic nitrogens is 2. The van der Waals surface area contributed by atoms with Crippen LogP contribution in [0.2, 0.25) is 0 Å². The highest BCUT2D eigenvalue weighted by molar-refractivity contribution is 5.75. The Morgan fingerprint density at radius 3 is 3.10 bits per heavy atom. The molecule has 2 aliphatic heterocycles. The second kappa shape index (κ2) is 4.83. The van der Waals surface area contributed by atoms with Crippen molar-refractivity contribution in [1.82, 2.24) is 15.5 Å². The molecule has 0 saturated carbocycles. The van der Waals surface area contributed by atoms with E-state index in [-0.39, 0.29) is 0 Å². The van der Waals surface area contributed by atoms with E-state index in [0.717, 1.165) is 55.4 Å². The number of aromatic amines is 1. The number of hydrogen-bond acceptors (Lipinski definition) is 4. The number of nitrogens with one attached hydrogen (secondary N) is 2. The van der Waals surface area contributed by atoms with Crippen LogP contribution in [0.25, 0.3) is 11.3 Å². The lowest BCUT2D eigenvalue weighted by molar-refractivity contribution is 0.302. The van der Waals surface area contributed by atoms with Gasteiger partial charge in [0, 0.05) is 25.2 Å². The Balaban J connectivity index is 1.73. The first-order valence-electron chi connectivity index (χ1n) is 7.18. The lowest BCUT2D eigenvalue weighted by Crippen LogP contribution is -2.29. The van der Waals surface area contributed by atoms with E-state index < -0.39 is 0 Å². The van der Waals surface area contributed by atoms with Gasteiger partial charge >= 0.3 is 0 Å². The van der Waals surface area contributed by atoms with E-state index in [0.29, 0.717) is 6.61 Å². The van der Waals surface area contributed by atoms with Crippen molar-refractivity contribution in [2.45, 2.75) is 13.0 Å². The molecule has 1 aromatic carbocycles. The van der Waals surface area contributed by atoms with Crippen LogP contribution in [0.15, 0.2) is 24.3 Å². The minimum absolute atomic E-state index is 0.599. The number of nitrogens with zero attached hydrogens (tertiary/aromatic N) is 2. The molecular weight excluding hydrogens is 252 g/mol. The van der Waals surface area contributed by atoms with Crippen molar-refractivity contribution in [3.63, 3.8) is 0 Å². The molecule has 1 fully saturated rings. The number of fused-ring (bicyclic) bond motifs is 3. The highest BCUT2D eigenvalue weighted by Crippen LogP contribution is 2.39. The van der Waals surface area contributed by atoms with Crippen LogP contribution >= 0.6 is 0 Å². The summed E-state index contributed by atoms with van der Waals surface area (Å²) in [6.07, 6.45) is 1.15. The van der Waals surface area contributed by atoms with Crippen LogP contribution in [0.4, 0.5) is 5.82 Å². The first-order chi connectivity index (χ1) is 9.93. The van der Waals surface area contributed by atoms with Crippen molar-refractivity contribution in [3.05, 3.63) is 29.8 Å². The Morgan fingerprint density at radius 1 is 1.15 bits per heavy atom. The zero-order valence-corrected chi connectivity index (χ0v) is 11.4. The van der Waals surface area contributed by atoms with Crippen LogP contribution in [-0.4, -0.2) is 36.4 Å². The number of benzene rings is 1. The molecule has 2 aromatic rings. The summed E-state index contributed by atoms with van der Waals surface area (Å²) in [4.78, 5) is 2.35. The third-order valence-corrected chi connectivity index (χ3v) is 4.01. The van der Waals surface area contributed by atoms with Gasteiger partial charge in [-0.2, -0.15) is 5.10 Å². The highest BCUT2D eigenvalue weighted by Gasteiger charge is 2.25. The monoisotopic (exact) mass is 270 g/mol. The predicted octanol–water partition coefficient (Wildman–Crippen LogP) is 1.77. The number of H-pyrrole nitrogens is 1. The molecule has 0 unspecified atom stereocenters. The van der Waals surface area contributed by atoms with Gasteiger partial charge in [0.25, 0.3) is 0 Å². The van der Waals surface area contributed by atoms with Gasteiger partial charge in [-0.05, 0) is 25.1 Å². The lowest BCUT2D eigenvalue weighted by Gasteiger charge is -2.23. The number of rotatable bonds is 1. The number of ether oxygens (including phenoxy) is 1. The SMILES string of the molecule is c1ccc2c(c1)OCc1c(N3CCCNCC3)n[nH]c1-2. The lowest BCUT2D eigenvalue weighted by atomic mass is 10.0. The molecular formula is C15H18N4O. The second-order valence-corrected chi connectivity index (χ2v) is 5.28. The van der Waals surface area contributed by atoms with Gasteiger partial charge in [-0.1, -0.05) is 12.1 Å². The largest absolute Gasteiger partial charge is 0.488 e. The summed E-state index contributed by atoms with van der Waals surface area (Å²) in [5.41, 5.74) is 3.41. The minimum atomic E-state index is 0.599. The van der Waals surface area contributed by atoms with Gasteiger partial charge in [0.15, 0.2) is 5.82 Å². The predicted molar refractivity (Wildman–Crippen MR) is 78.1 cm³/mol. The van der Waals surface area contributed by atoms with Crippen LogP contribution < -0.4 is 15.0 Å². The minimum Gasteiger partial charge on any atom is -0.488 e. The summed E-state index contributed by atoms with van der Waals surface area (Å²) in [6.45, 7) is 4.74. The highest BCUT2D eigenvalue weighted by atomic mass is 16.5. The van der Waals surface area contributed by atoms with Gasteiger partial charge in [0.05, 0.1) is 11.3 Å². The van der Waals surface area contributed by atoms with Gasteiger partial charge in [-0.25, -0.2) is 0 Å². The van der Waals surface area contributed by atoms with Crippen molar-refractivity contribution >= 4 is 5.82 Å². The standard InChI is InChI=1S/C15H18N4O/c1-2-5-13-11(4-1)14-12(10-20-13)15(18-17-14)19-8-3-6-16-7-9-19/h1-2,4-5,16H,3,6-10H2,(H,17,18). The first kappa shape index (κ1) is 11.8. The van der Waals surface area contributed by atoms with Gasteiger partial charge in [0.2, 0.25) is 0 Å². The van der Waals surface area contributed by atoms with Crippen LogP contribution in [0.1, 0.15) is 12.0 Å². The molecule has 5 nitrogen and oxygen atoms in total. The number of hydrogen-bond donors (Lipinski definition) is 2. The quantitative estimate of drug-likeness (QED) is 0.829. The van der Waals surface area contributed by atoms with E-state index in [1.54, 1.807) is 0 Å². The molecule has 0 atom stereocenters. The summed E-state index contributed by atoms with van der Waals surface area (Å²) in [7, 11) is 0. The molecule has 20 heavy (non-hydrogen) atoms. The average molecular weight is 270 g/mol. The fourth-order valence-electron chi connectivity index (χ4n) is 2.98. The molecule has 0 amide bonds. The Labute approximate surface area is 117 Å². The molecule has 4 rings (SSSR count). The van der Waals surface area contributed by atoms with Gasteiger partial charge in [0.1, 0.15) is 12.4 Å². The topological polar surface area (TPSA) is 53.2 Å². The number of anilines is 1. The van der Waals surface area contributed by atoms with Crippen LogP contribution in [0, 0.1) is 0 Å². The Bertz CT molecular complexity index is 614.